The first-order chi connectivity index (χ1) is 12.1. The first-order valence-corrected chi connectivity index (χ1v) is 8.82. The number of hydrogen-bond acceptors (Lipinski definition) is 6. The highest BCUT2D eigenvalue weighted by atomic mass is 32.1. The Kier molecular flexibility index (Phi) is 3.80. The Morgan fingerprint density at radius 3 is 2.80 bits per heavy atom. The van der Waals surface area contributed by atoms with Crippen molar-refractivity contribution in [2.75, 3.05) is 26.1 Å². The largest absolute Gasteiger partial charge is 0.501 e. The van der Waals surface area contributed by atoms with E-state index in [0.29, 0.717) is 4.70 Å². The standard InChI is InChI=1S/C18H18N4O2S/c1-21(2)14-8-9-19-17-15(14)13-10-20-22(18(23)16(13)25-17)11-4-6-12(24-3)7-5-11/h4,6,8-10H,5,7H2,1-3H3. The average molecular weight is 354 g/mol. The lowest BCUT2D eigenvalue weighted by atomic mass is 10.1. The number of aromatic nitrogens is 3. The topological polar surface area (TPSA) is 60.2 Å². The fraction of sp³-hybridized carbons (Fsp3) is 0.278. The van der Waals surface area contributed by atoms with E-state index in [-0.39, 0.29) is 5.56 Å². The van der Waals surface area contributed by atoms with E-state index in [9.17, 15) is 4.79 Å². The first kappa shape index (κ1) is 15.8. The van der Waals surface area contributed by atoms with Gasteiger partial charge in [-0.3, -0.25) is 4.79 Å². The Morgan fingerprint density at radius 2 is 2.12 bits per heavy atom. The molecule has 3 aromatic heterocycles. The fourth-order valence-electron chi connectivity index (χ4n) is 3.11. The summed E-state index contributed by atoms with van der Waals surface area (Å²) in [5.74, 6) is 0.916. The maximum Gasteiger partial charge on any atom is 0.289 e. The average Bonchev–Trinajstić information content (AvgIpc) is 3.02. The zero-order valence-corrected chi connectivity index (χ0v) is 15.1. The molecule has 25 heavy (non-hydrogen) atoms. The van der Waals surface area contributed by atoms with Crippen LogP contribution in [0.4, 0.5) is 5.69 Å². The van der Waals surface area contributed by atoms with E-state index in [1.165, 1.54) is 16.0 Å². The van der Waals surface area contributed by atoms with Crippen LogP contribution in [0.5, 0.6) is 0 Å². The van der Waals surface area contributed by atoms with Gasteiger partial charge >= 0.3 is 0 Å². The molecular formula is C18H18N4O2S. The van der Waals surface area contributed by atoms with Crippen LogP contribution in [-0.4, -0.2) is 36.0 Å². The van der Waals surface area contributed by atoms with Gasteiger partial charge in [-0.2, -0.15) is 5.10 Å². The summed E-state index contributed by atoms with van der Waals surface area (Å²) in [6.45, 7) is 0. The van der Waals surface area contributed by atoms with Crippen LogP contribution in [0.25, 0.3) is 26.0 Å². The summed E-state index contributed by atoms with van der Waals surface area (Å²) in [6, 6.07) is 1.96. The molecule has 0 fully saturated rings. The molecule has 1 aliphatic rings. The Labute approximate surface area is 148 Å². The van der Waals surface area contributed by atoms with Crippen molar-refractivity contribution in [3.63, 3.8) is 0 Å². The number of nitrogens with zero attached hydrogens (tertiary/aromatic N) is 4. The number of rotatable bonds is 3. The first-order valence-electron chi connectivity index (χ1n) is 8.01. The van der Waals surface area contributed by atoms with Crippen molar-refractivity contribution < 1.29 is 4.74 Å². The van der Waals surface area contributed by atoms with Crippen molar-refractivity contribution >= 4 is 43.0 Å². The zero-order valence-electron chi connectivity index (χ0n) is 14.3. The third-order valence-electron chi connectivity index (χ3n) is 4.40. The Bertz CT molecular complexity index is 1090. The normalized spacial score (nSPS) is 14.5. The fourth-order valence-corrected chi connectivity index (χ4v) is 4.17. The van der Waals surface area contributed by atoms with Crippen LogP contribution >= 0.6 is 11.3 Å². The van der Waals surface area contributed by atoms with Crippen molar-refractivity contribution in [3.05, 3.63) is 46.7 Å². The van der Waals surface area contributed by atoms with E-state index < -0.39 is 0 Å². The quantitative estimate of drug-likeness (QED) is 0.723. The van der Waals surface area contributed by atoms with Crippen molar-refractivity contribution in [1.29, 1.82) is 0 Å². The van der Waals surface area contributed by atoms with Gasteiger partial charge in [-0.15, -0.1) is 11.3 Å². The van der Waals surface area contributed by atoms with Gasteiger partial charge in [0.2, 0.25) is 0 Å². The molecule has 0 unspecified atom stereocenters. The zero-order chi connectivity index (χ0) is 17.6. The summed E-state index contributed by atoms with van der Waals surface area (Å²) in [7, 11) is 5.63. The second kappa shape index (κ2) is 6.00. The second-order valence-corrected chi connectivity index (χ2v) is 7.11. The number of pyridine rings is 1. The number of fused-ring (bicyclic) bond motifs is 3. The van der Waals surface area contributed by atoms with Gasteiger partial charge in [0.15, 0.2) is 0 Å². The maximum absolute atomic E-state index is 13.0. The minimum Gasteiger partial charge on any atom is -0.501 e. The minimum atomic E-state index is -0.0919. The predicted molar refractivity (Wildman–Crippen MR) is 102 cm³/mol. The summed E-state index contributed by atoms with van der Waals surface area (Å²) < 4.78 is 7.43. The van der Waals surface area contributed by atoms with Gasteiger partial charge in [0.05, 0.1) is 19.1 Å². The lowest BCUT2D eigenvalue weighted by Gasteiger charge is -2.15. The number of thiophene rings is 1. The van der Waals surface area contributed by atoms with Gasteiger partial charge in [-0.05, 0) is 24.6 Å². The van der Waals surface area contributed by atoms with Gasteiger partial charge in [-0.1, -0.05) is 0 Å². The van der Waals surface area contributed by atoms with Crippen LogP contribution in [0.1, 0.15) is 12.8 Å². The third kappa shape index (κ3) is 2.51. The second-order valence-electron chi connectivity index (χ2n) is 6.11. The number of hydrogen-bond donors (Lipinski definition) is 0. The Balaban J connectivity index is 1.94. The smallest absolute Gasteiger partial charge is 0.289 e. The molecule has 0 aliphatic heterocycles. The van der Waals surface area contributed by atoms with E-state index in [4.69, 9.17) is 4.74 Å². The Morgan fingerprint density at radius 1 is 1.28 bits per heavy atom. The van der Waals surface area contributed by atoms with Gasteiger partial charge in [0, 0.05) is 48.9 Å². The van der Waals surface area contributed by atoms with Crippen molar-refractivity contribution in [2.45, 2.75) is 12.8 Å². The number of anilines is 1. The van der Waals surface area contributed by atoms with Gasteiger partial charge in [0.1, 0.15) is 9.53 Å². The summed E-state index contributed by atoms with van der Waals surface area (Å²) in [5.41, 5.74) is 1.83. The molecule has 0 amide bonds. The lowest BCUT2D eigenvalue weighted by molar-refractivity contribution is 0.276. The highest BCUT2D eigenvalue weighted by Crippen LogP contribution is 2.36. The molecule has 6 nitrogen and oxygen atoms in total. The molecule has 1 aliphatic carbocycles. The van der Waals surface area contributed by atoms with Crippen LogP contribution in [0.2, 0.25) is 0 Å². The van der Waals surface area contributed by atoms with Crippen molar-refractivity contribution in [3.8, 4) is 0 Å². The highest BCUT2D eigenvalue weighted by molar-refractivity contribution is 7.25. The molecule has 0 atom stereocenters. The molecule has 7 heteroatoms. The number of methoxy groups -OCH3 is 1. The van der Waals surface area contributed by atoms with E-state index in [1.807, 2.05) is 37.2 Å². The summed E-state index contributed by atoms with van der Waals surface area (Å²) in [4.78, 5) is 20.3. The lowest BCUT2D eigenvalue weighted by Crippen LogP contribution is -2.22. The molecule has 3 aromatic rings. The molecule has 0 saturated carbocycles. The summed E-state index contributed by atoms with van der Waals surface area (Å²) >= 11 is 1.42. The minimum absolute atomic E-state index is 0.0919. The monoisotopic (exact) mass is 354 g/mol. The third-order valence-corrected chi connectivity index (χ3v) is 5.50. The maximum atomic E-state index is 13.0. The number of allylic oxidation sites excluding steroid dienone is 4. The summed E-state index contributed by atoms with van der Waals surface area (Å²) in [6.07, 6.45) is 8.85. The van der Waals surface area contributed by atoms with E-state index in [0.717, 1.165) is 45.6 Å². The van der Waals surface area contributed by atoms with Crippen LogP contribution < -0.4 is 10.5 Å². The molecule has 0 bridgehead atoms. The molecule has 0 N–H and O–H groups in total. The molecule has 0 aromatic carbocycles. The SMILES string of the molecule is COC1=CC=C(n2ncc3c(sc4nccc(N(C)C)c43)c2=O)CC1. The van der Waals surface area contributed by atoms with Crippen LogP contribution in [0, 0.1) is 0 Å². The Hall–Kier alpha value is -2.67. The molecule has 128 valence electrons. The van der Waals surface area contributed by atoms with Gasteiger partial charge < -0.3 is 9.64 Å². The summed E-state index contributed by atoms with van der Waals surface area (Å²) in [5, 5.41) is 6.28. The number of ether oxygens (including phenoxy) is 1. The predicted octanol–water partition coefficient (Wildman–Crippen LogP) is 3.24. The molecule has 4 rings (SSSR count). The van der Waals surface area contributed by atoms with Gasteiger partial charge in [0.25, 0.3) is 5.56 Å². The molecule has 0 saturated heterocycles. The van der Waals surface area contributed by atoms with E-state index in [2.05, 4.69) is 10.1 Å². The van der Waals surface area contributed by atoms with E-state index >= 15 is 0 Å². The molecule has 0 radical (unpaired) electrons. The van der Waals surface area contributed by atoms with Crippen molar-refractivity contribution in [1.82, 2.24) is 14.8 Å². The molecule has 0 spiro atoms. The van der Waals surface area contributed by atoms with Crippen molar-refractivity contribution in [2.24, 2.45) is 0 Å². The van der Waals surface area contributed by atoms with E-state index in [1.54, 1.807) is 19.5 Å². The van der Waals surface area contributed by atoms with Crippen LogP contribution in [0.15, 0.2) is 41.2 Å². The molecular weight excluding hydrogens is 336 g/mol. The van der Waals surface area contributed by atoms with Gasteiger partial charge in [-0.25, -0.2) is 9.67 Å². The molecule has 3 heterocycles. The highest BCUT2D eigenvalue weighted by Gasteiger charge is 2.18. The van der Waals surface area contributed by atoms with Crippen LogP contribution in [0.3, 0.4) is 0 Å². The van der Waals surface area contributed by atoms with Crippen LogP contribution in [-0.2, 0) is 4.74 Å².